The molecule has 0 bridgehead atoms. The third-order valence-electron chi connectivity index (χ3n) is 3.78. The Morgan fingerprint density at radius 1 is 1.22 bits per heavy atom. The normalized spacial score (nSPS) is 12.2. The molecule has 148 valence electrons. The molecule has 27 heavy (non-hydrogen) atoms. The van der Waals surface area contributed by atoms with Gasteiger partial charge in [-0.2, -0.15) is 5.26 Å². The predicted molar refractivity (Wildman–Crippen MR) is 103 cm³/mol. The van der Waals surface area contributed by atoms with Crippen molar-refractivity contribution < 1.29 is 19.1 Å². The van der Waals surface area contributed by atoms with Gasteiger partial charge >= 0.3 is 5.97 Å². The fourth-order valence-electron chi connectivity index (χ4n) is 2.45. The molecule has 0 fully saturated rings. The zero-order chi connectivity index (χ0) is 20.6. The number of hydrogen-bond acceptors (Lipinski definition) is 5. The second-order valence-electron chi connectivity index (χ2n) is 7.84. The number of carbonyl (C=O) groups excluding carboxylic acids is 2. The Balaban J connectivity index is 2.67. The van der Waals surface area contributed by atoms with Crippen molar-refractivity contribution in [1.29, 1.82) is 5.26 Å². The number of carbonyl (C=O) groups is 2. The molecular formula is C21H30N2O4. The van der Waals surface area contributed by atoms with Gasteiger partial charge < -0.3 is 14.4 Å². The van der Waals surface area contributed by atoms with E-state index in [0.717, 1.165) is 0 Å². The van der Waals surface area contributed by atoms with E-state index >= 15 is 0 Å². The molecule has 6 nitrogen and oxygen atoms in total. The molecule has 6 heteroatoms. The van der Waals surface area contributed by atoms with E-state index < -0.39 is 11.7 Å². The molecule has 1 rings (SSSR count). The Hall–Kier alpha value is -2.55. The fraction of sp³-hybridized carbons (Fsp3) is 0.571. The van der Waals surface area contributed by atoms with Crippen LogP contribution in [-0.2, 0) is 14.3 Å². The molecule has 0 aliphatic heterocycles. The molecule has 0 N–H and O–H groups in total. The van der Waals surface area contributed by atoms with Gasteiger partial charge in [0.25, 0.3) is 5.91 Å². The fourth-order valence-corrected chi connectivity index (χ4v) is 2.45. The maximum Gasteiger partial charge on any atom is 0.306 e. The molecule has 0 aliphatic carbocycles. The summed E-state index contributed by atoms with van der Waals surface area (Å²) in [5, 5.41) is 9.20. The van der Waals surface area contributed by atoms with Crippen LogP contribution in [0.5, 0.6) is 5.75 Å². The minimum Gasteiger partial charge on any atom is -0.479 e. The van der Waals surface area contributed by atoms with Crippen LogP contribution in [0, 0.1) is 17.2 Å². The highest BCUT2D eigenvalue weighted by Gasteiger charge is 2.28. The van der Waals surface area contributed by atoms with Crippen LogP contribution < -0.4 is 4.74 Å². The van der Waals surface area contributed by atoms with Crippen molar-refractivity contribution in [1.82, 2.24) is 4.90 Å². The van der Waals surface area contributed by atoms with Gasteiger partial charge in [-0.05, 0) is 45.2 Å². The number of nitriles is 1. The summed E-state index contributed by atoms with van der Waals surface area (Å²) < 4.78 is 11.1. The predicted octanol–water partition coefficient (Wildman–Crippen LogP) is 3.54. The quantitative estimate of drug-likeness (QED) is 0.650. The number of hydrogen-bond donors (Lipinski definition) is 0. The molecule has 0 saturated carbocycles. The zero-order valence-electron chi connectivity index (χ0n) is 17.1. The second kappa shape index (κ2) is 9.96. The van der Waals surface area contributed by atoms with E-state index in [1.54, 1.807) is 36.2 Å². The minimum absolute atomic E-state index is 0.0717. The molecule has 1 aromatic carbocycles. The summed E-state index contributed by atoms with van der Waals surface area (Å²) in [6.07, 6.45) is 0.0573. The Kier molecular flexibility index (Phi) is 8.30. The molecule has 0 radical (unpaired) electrons. The van der Waals surface area contributed by atoms with Crippen molar-refractivity contribution >= 4 is 11.9 Å². The van der Waals surface area contributed by atoms with Gasteiger partial charge in [-0.25, -0.2) is 0 Å². The summed E-state index contributed by atoms with van der Waals surface area (Å²) >= 11 is 0. The summed E-state index contributed by atoms with van der Waals surface area (Å²) in [6, 6.07) is 8.93. The second-order valence-corrected chi connectivity index (χ2v) is 7.84. The van der Waals surface area contributed by atoms with Crippen LogP contribution in [0.15, 0.2) is 24.3 Å². The van der Waals surface area contributed by atoms with Gasteiger partial charge in [-0.1, -0.05) is 26.0 Å². The van der Waals surface area contributed by atoms with Crippen LogP contribution >= 0.6 is 0 Å². The minimum atomic E-state index is -0.703. The summed E-state index contributed by atoms with van der Waals surface area (Å²) in [5.41, 5.74) is -0.118. The summed E-state index contributed by atoms with van der Waals surface area (Å²) in [6.45, 7) is 9.68. The van der Waals surface area contributed by atoms with Crippen LogP contribution in [0.1, 0.15) is 53.0 Å². The average Bonchev–Trinajstić information content (AvgIpc) is 2.57. The van der Waals surface area contributed by atoms with Gasteiger partial charge in [-0.3, -0.25) is 9.59 Å². The lowest BCUT2D eigenvalue weighted by Crippen LogP contribution is -2.43. The number of esters is 1. The van der Waals surface area contributed by atoms with E-state index in [1.165, 1.54) is 0 Å². The van der Waals surface area contributed by atoms with Gasteiger partial charge in [0.15, 0.2) is 6.10 Å². The number of nitrogens with zero attached hydrogens (tertiary/aromatic N) is 2. The van der Waals surface area contributed by atoms with Gasteiger partial charge in [0.1, 0.15) is 17.4 Å². The number of benzene rings is 1. The third-order valence-corrected chi connectivity index (χ3v) is 3.78. The average molecular weight is 374 g/mol. The molecule has 0 aromatic heterocycles. The van der Waals surface area contributed by atoms with Gasteiger partial charge in [0.2, 0.25) is 0 Å². The first kappa shape index (κ1) is 22.5. The van der Waals surface area contributed by atoms with Crippen molar-refractivity contribution in [3.05, 3.63) is 29.8 Å². The number of para-hydroxylation sites is 1. The summed E-state index contributed by atoms with van der Waals surface area (Å²) in [4.78, 5) is 26.1. The number of likely N-dealkylation sites (N-methyl/N-ethyl adjacent to an activating group) is 1. The van der Waals surface area contributed by atoms with Crippen LogP contribution in [0.3, 0.4) is 0 Å². The maximum atomic E-state index is 12.8. The molecule has 0 spiro atoms. The van der Waals surface area contributed by atoms with Crippen molar-refractivity contribution in [3.63, 3.8) is 0 Å². The summed E-state index contributed by atoms with van der Waals surface area (Å²) in [7, 11) is 1.69. The molecule has 0 saturated heterocycles. The standard InChI is InChI=1S/C21H30N2O4/c1-15(2)19(26-17-11-8-7-10-16(17)14-22)20(25)23(6)13-9-12-18(24)27-21(3,4)5/h7-8,10-11,15,19H,9,12-13H2,1-6H3. The highest BCUT2D eigenvalue weighted by atomic mass is 16.6. The molecule has 0 aliphatic rings. The Labute approximate surface area is 162 Å². The van der Waals surface area contributed by atoms with Crippen molar-refractivity contribution in [2.75, 3.05) is 13.6 Å². The van der Waals surface area contributed by atoms with Gasteiger partial charge in [0.05, 0.1) is 5.56 Å². The lowest BCUT2D eigenvalue weighted by Gasteiger charge is -2.27. The molecule has 1 unspecified atom stereocenters. The Morgan fingerprint density at radius 3 is 2.41 bits per heavy atom. The smallest absolute Gasteiger partial charge is 0.306 e. The molecule has 1 aromatic rings. The first-order valence-electron chi connectivity index (χ1n) is 9.17. The van der Waals surface area contributed by atoms with Gasteiger partial charge in [0, 0.05) is 20.0 Å². The van der Waals surface area contributed by atoms with E-state index in [-0.39, 0.29) is 24.2 Å². The van der Waals surface area contributed by atoms with Crippen LogP contribution in [-0.4, -0.2) is 42.1 Å². The van der Waals surface area contributed by atoms with E-state index in [9.17, 15) is 14.9 Å². The lowest BCUT2D eigenvalue weighted by atomic mass is 10.1. The number of amides is 1. The highest BCUT2D eigenvalue weighted by Crippen LogP contribution is 2.21. The molecule has 1 atom stereocenters. The Bertz CT molecular complexity index is 686. The SMILES string of the molecule is CC(C)C(Oc1ccccc1C#N)C(=O)N(C)CCCC(=O)OC(C)(C)C. The van der Waals surface area contributed by atoms with Crippen LogP contribution in [0.2, 0.25) is 0 Å². The van der Waals surface area contributed by atoms with Crippen molar-refractivity contribution in [3.8, 4) is 11.8 Å². The molecular weight excluding hydrogens is 344 g/mol. The first-order valence-corrected chi connectivity index (χ1v) is 9.17. The largest absolute Gasteiger partial charge is 0.479 e. The monoisotopic (exact) mass is 374 g/mol. The lowest BCUT2D eigenvalue weighted by molar-refractivity contribution is -0.155. The van der Waals surface area contributed by atoms with Gasteiger partial charge in [-0.15, -0.1) is 0 Å². The first-order chi connectivity index (χ1) is 12.5. The van der Waals surface area contributed by atoms with E-state index in [4.69, 9.17) is 9.47 Å². The molecule has 1 amide bonds. The van der Waals surface area contributed by atoms with Crippen molar-refractivity contribution in [2.45, 2.75) is 59.2 Å². The van der Waals surface area contributed by atoms with Crippen LogP contribution in [0.4, 0.5) is 0 Å². The van der Waals surface area contributed by atoms with Crippen LogP contribution in [0.25, 0.3) is 0 Å². The topological polar surface area (TPSA) is 79.6 Å². The third kappa shape index (κ3) is 7.69. The van der Waals surface area contributed by atoms with E-state index in [0.29, 0.717) is 24.3 Å². The number of ether oxygens (including phenoxy) is 2. The number of rotatable bonds is 8. The maximum absolute atomic E-state index is 12.8. The highest BCUT2D eigenvalue weighted by molar-refractivity contribution is 5.81. The van der Waals surface area contributed by atoms with Crippen molar-refractivity contribution in [2.24, 2.45) is 5.92 Å². The summed E-state index contributed by atoms with van der Waals surface area (Å²) in [5.74, 6) is -0.128. The molecule has 0 heterocycles. The zero-order valence-corrected chi connectivity index (χ0v) is 17.1. The Morgan fingerprint density at radius 2 is 1.85 bits per heavy atom. The van der Waals surface area contributed by atoms with E-state index in [2.05, 4.69) is 6.07 Å². The van der Waals surface area contributed by atoms with E-state index in [1.807, 2.05) is 34.6 Å².